The highest BCUT2D eigenvalue weighted by Gasteiger charge is 2.34. The lowest BCUT2D eigenvalue weighted by Crippen LogP contribution is -2.37. The number of aryl methyl sites for hydroxylation is 2. The van der Waals surface area contributed by atoms with E-state index >= 15 is 0 Å². The SMILES string of the molecule is CN=C(NCc1ccc(N2CCOCC2)cc1C(F)(F)F)NCc1sc(C)nc1C. The molecule has 30 heavy (non-hydrogen) atoms. The summed E-state index contributed by atoms with van der Waals surface area (Å²) in [6, 6.07) is 4.49. The van der Waals surface area contributed by atoms with Gasteiger partial charge in [0.25, 0.3) is 0 Å². The van der Waals surface area contributed by atoms with Gasteiger partial charge in [0.05, 0.1) is 36.0 Å². The number of nitrogens with zero attached hydrogens (tertiary/aromatic N) is 3. The molecular formula is C20H26F3N5OS. The van der Waals surface area contributed by atoms with E-state index in [0.717, 1.165) is 15.6 Å². The molecule has 1 aliphatic rings. The number of halogens is 3. The van der Waals surface area contributed by atoms with Crippen LogP contribution in [0.1, 0.15) is 26.7 Å². The number of aromatic nitrogens is 1. The number of nitrogens with one attached hydrogen (secondary N) is 2. The molecule has 2 N–H and O–H groups in total. The molecule has 0 unspecified atom stereocenters. The standard InChI is InChI=1S/C20H26F3N5OS/c1-13-18(30-14(2)27-13)12-26-19(24-3)25-11-15-4-5-16(10-17(15)20(21,22)23)28-6-8-29-9-7-28/h4-5,10H,6-9,11-12H2,1-3H3,(H2,24,25,26). The third kappa shape index (κ3) is 5.63. The summed E-state index contributed by atoms with van der Waals surface area (Å²) in [4.78, 5) is 11.5. The Kier molecular flexibility index (Phi) is 7.19. The molecule has 0 bridgehead atoms. The average molecular weight is 442 g/mol. The largest absolute Gasteiger partial charge is 0.416 e. The van der Waals surface area contributed by atoms with Crippen molar-refractivity contribution in [1.82, 2.24) is 15.6 Å². The van der Waals surface area contributed by atoms with Gasteiger partial charge in [-0.25, -0.2) is 4.98 Å². The second-order valence-corrected chi connectivity index (χ2v) is 8.25. The second kappa shape index (κ2) is 9.65. The molecule has 1 aromatic heterocycles. The van der Waals surface area contributed by atoms with Gasteiger partial charge in [-0.2, -0.15) is 13.2 Å². The van der Waals surface area contributed by atoms with E-state index in [1.54, 1.807) is 24.5 Å². The van der Waals surface area contributed by atoms with Gasteiger partial charge < -0.3 is 20.3 Å². The van der Waals surface area contributed by atoms with Gasteiger partial charge in [-0.1, -0.05) is 6.07 Å². The fourth-order valence-electron chi connectivity index (χ4n) is 3.30. The van der Waals surface area contributed by atoms with Crippen molar-refractivity contribution in [3.8, 4) is 0 Å². The zero-order valence-electron chi connectivity index (χ0n) is 17.3. The van der Waals surface area contributed by atoms with Crippen LogP contribution in [0.25, 0.3) is 0 Å². The normalized spacial score (nSPS) is 15.4. The first-order valence-corrected chi connectivity index (χ1v) is 10.5. The quantitative estimate of drug-likeness (QED) is 0.550. The van der Waals surface area contributed by atoms with Crippen LogP contribution >= 0.6 is 11.3 Å². The minimum atomic E-state index is -4.44. The first kappa shape index (κ1) is 22.4. The van der Waals surface area contributed by atoms with Crippen molar-refractivity contribution in [2.24, 2.45) is 4.99 Å². The lowest BCUT2D eigenvalue weighted by Gasteiger charge is -2.29. The number of ether oxygens (including phenoxy) is 1. The summed E-state index contributed by atoms with van der Waals surface area (Å²) in [6.45, 7) is 6.61. The minimum absolute atomic E-state index is 0.0125. The van der Waals surface area contributed by atoms with Crippen LogP contribution in [0.4, 0.5) is 18.9 Å². The van der Waals surface area contributed by atoms with E-state index in [1.807, 2.05) is 18.7 Å². The van der Waals surface area contributed by atoms with Crippen molar-refractivity contribution >= 4 is 23.0 Å². The van der Waals surface area contributed by atoms with Gasteiger partial charge in [-0.15, -0.1) is 11.3 Å². The zero-order valence-corrected chi connectivity index (χ0v) is 18.1. The number of benzene rings is 1. The maximum absolute atomic E-state index is 13.7. The lowest BCUT2D eigenvalue weighted by atomic mass is 10.0. The molecule has 1 aromatic carbocycles. The fourth-order valence-corrected chi connectivity index (χ4v) is 4.18. The molecule has 10 heteroatoms. The molecule has 0 spiro atoms. The van der Waals surface area contributed by atoms with Crippen molar-refractivity contribution < 1.29 is 17.9 Å². The van der Waals surface area contributed by atoms with Crippen LogP contribution in [-0.2, 0) is 24.0 Å². The number of hydrogen-bond donors (Lipinski definition) is 2. The number of aliphatic imine (C=N–C) groups is 1. The van der Waals surface area contributed by atoms with Gasteiger partial charge in [0.1, 0.15) is 0 Å². The number of rotatable bonds is 5. The molecule has 2 heterocycles. The van der Waals surface area contributed by atoms with Gasteiger partial charge in [-0.05, 0) is 31.5 Å². The molecule has 1 fully saturated rings. The monoisotopic (exact) mass is 441 g/mol. The van der Waals surface area contributed by atoms with Crippen LogP contribution < -0.4 is 15.5 Å². The number of thiazole rings is 1. The van der Waals surface area contributed by atoms with E-state index in [1.165, 1.54) is 12.1 Å². The van der Waals surface area contributed by atoms with Crippen molar-refractivity contribution in [2.75, 3.05) is 38.3 Å². The van der Waals surface area contributed by atoms with Gasteiger partial charge in [0, 0.05) is 37.2 Å². The molecule has 2 aromatic rings. The first-order chi connectivity index (χ1) is 14.3. The molecule has 1 aliphatic heterocycles. The highest BCUT2D eigenvalue weighted by Crippen LogP contribution is 2.35. The third-order valence-electron chi connectivity index (χ3n) is 4.86. The number of alkyl halides is 3. The highest BCUT2D eigenvalue weighted by atomic mass is 32.1. The molecule has 0 aliphatic carbocycles. The van der Waals surface area contributed by atoms with E-state index in [9.17, 15) is 13.2 Å². The van der Waals surface area contributed by atoms with Crippen LogP contribution in [0.5, 0.6) is 0 Å². The Morgan fingerprint density at radius 2 is 1.90 bits per heavy atom. The molecule has 0 amide bonds. The third-order valence-corrected chi connectivity index (χ3v) is 5.93. The molecule has 164 valence electrons. The Morgan fingerprint density at radius 1 is 1.20 bits per heavy atom. The van der Waals surface area contributed by atoms with E-state index in [2.05, 4.69) is 20.6 Å². The summed E-state index contributed by atoms with van der Waals surface area (Å²) in [6.07, 6.45) is -4.44. The van der Waals surface area contributed by atoms with E-state index < -0.39 is 11.7 Å². The molecule has 6 nitrogen and oxygen atoms in total. The van der Waals surface area contributed by atoms with Crippen molar-refractivity contribution in [3.05, 3.63) is 44.9 Å². The maximum atomic E-state index is 13.7. The lowest BCUT2D eigenvalue weighted by molar-refractivity contribution is -0.138. The van der Waals surface area contributed by atoms with Crippen LogP contribution in [0.2, 0.25) is 0 Å². The summed E-state index contributed by atoms with van der Waals surface area (Å²) >= 11 is 1.58. The summed E-state index contributed by atoms with van der Waals surface area (Å²) in [5, 5.41) is 7.10. The molecule has 3 rings (SSSR count). The van der Waals surface area contributed by atoms with Crippen LogP contribution in [0.15, 0.2) is 23.2 Å². The molecular weight excluding hydrogens is 415 g/mol. The minimum Gasteiger partial charge on any atom is -0.378 e. The highest BCUT2D eigenvalue weighted by molar-refractivity contribution is 7.11. The zero-order chi connectivity index (χ0) is 21.7. The predicted molar refractivity (Wildman–Crippen MR) is 113 cm³/mol. The van der Waals surface area contributed by atoms with Crippen molar-refractivity contribution in [2.45, 2.75) is 33.1 Å². The summed E-state index contributed by atoms with van der Waals surface area (Å²) < 4.78 is 46.4. The summed E-state index contributed by atoms with van der Waals surface area (Å²) in [5.41, 5.74) is 1.04. The average Bonchev–Trinajstić information content (AvgIpc) is 3.05. The molecule has 0 saturated carbocycles. The van der Waals surface area contributed by atoms with Crippen LogP contribution in [-0.4, -0.2) is 44.3 Å². The smallest absolute Gasteiger partial charge is 0.378 e. The van der Waals surface area contributed by atoms with E-state index in [4.69, 9.17) is 4.74 Å². The molecule has 1 saturated heterocycles. The Hall–Kier alpha value is -2.33. The van der Waals surface area contributed by atoms with Gasteiger partial charge in [0.2, 0.25) is 0 Å². The Labute approximate surface area is 178 Å². The number of morpholine rings is 1. The first-order valence-electron chi connectivity index (χ1n) is 9.68. The fraction of sp³-hybridized carbons (Fsp3) is 0.500. The Bertz CT molecular complexity index is 891. The maximum Gasteiger partial charge on any atom is 0.416 e. The van der Waals surface area contributed by atoms with E-state index in [-0.39, 0.29) is 12.1 Å². The Morgan fingerprint density at radius 3 is 2.50 bits per heavy atom. The van der Waals surface area contributed by atoms with Gasteiger partial charge in [-0.3, -0.25) is 4.99 Å². The number of anilines is 1. The van der Waals surface area contributed by atoms with Gasteiger partial charge >= 0.3 is 6.18 Å². The number of guanidine groups is 1. The van der Waals surface area contributed by atoms with Crippen LogP contribution in [0, 0.1) is 13.8 Å². The second-order valence-electron chi connectivity index (χ2n) is 6.96. The molecule has 0 atom stereocenters. The topological polar surface area (TPSA) is 61.8 Å². The predicted octanol–water partition coefficient (Wildman–Crippen LogP) is 3.48. The summed E-state index contributed by atoms with van der Waals surface area (Å²) in [7, 11) is 1.59. The van der Waals surface area contributed by atoms with Crippen LogP contribution in [0.3, 0.4) is 0 Å². The van der Waals surface area contributed by atoms with E-state index in [0.29, 0.717) is 44.5 Å². The van der Waals surface area contributed by atoms with Gasteiger partial charge in [0.15, 0.2) is 5.96 Å². The summed E-state index contributed by atoms with van der Waals surface area (Å²) in [5.74, 6) is 0.436. The Balaban J connectivity index is 1.68. The number of hydrogen-bond acceptors (Lipinski definition) is 5. The van der Waals surface area contributed by atoms with Crippen molar-refractivity contribution in [1.29, 1.82) is 0 Å². The molecule has 0 radical (unpaired) electrons. The van der Waals surface area contributed by atoms with Crippen molar-refractivity contribution in [3.63, 3.8) is 0 Å².